The van der Waals surface area contributed by atoms with Gasteiger partial charge in [-0.3, -0.25) is 4.90 Å². The van der Waals surface area contributed by atoms with E-state index in [0.29, 0.717) is 11.9 Å². The zero-order valence-electron chi connectivity index (χ0n) is 14.8. The third kappa shape index (κ3) is 4.02. The molecule has 5 nitrogen and oxygen atoms in total. The number of pyridine rings is 1. The highest BCUT2D eigenvalue weighted by Crippen LogP contribution is 2.26. The molecule has 1 saturated heterocycles. The van der Waals surface area contributed by atoms with Gasteiger partial charge in [0.15, 0.2) is 0 Å². The van der Waals surface area contributed by atoms with Crippen LogP contribution in [0.1, 0.15) is 40.4 Å². The first kappa shape index (κ1) is 17.9. The lowest BCUT2D eigenvalue weighted by Gasteiger charge is -2.27. The molecule has 0 aliphatic carbocycles. The third-order valence-corrected chi connectivity index (χ3v) is 6.04. The number of nitrogens with zero attached hydrogens (tertiary/aromatic N) is 3. The molecule has 6 heteroatoms. The van der Waals surface area contributed by atoms with Crippen LogP contribution in [-0.4, -0.2) is 46.6 Å². The smallest absolute Gasteiger partial charge is 0.339 e. The van der Waals surface area contributed by atoms with Gasteiger partial charge in [-0.15, -0.1) is 11.3 Å². The van der Waals surface area contributed by atoms with Crippen LogP contribution in [0.15, 0.2) is 30.5 Å². The van der Waals surface area contributed by atoms with Crippen LogP contribution >= 0.6 is 11.3 Å². The average Bonchev–Trinajstić information content (AvgIpc) is 3.29. The largest absolute Gasteiger partial charge is 0.478 e. The molecule has 134 valence electrons. The molecule has 2 aromatic rings. The molecular formula is C19H25N3O2S. The highest BCUT2D eigenvalue weighted by atomic mass is 32.1. The highest BCUT2D eigenvalue weighted by Gasteiger charge is 2.30. The van der Waals surface area contributed by atoms with Crippen molar-refractivity contribution in [2.24, 2.45) is 0 Å². The van der Waals surface area contributed by atoms with Gasteiger partial charge in [0, 0.05) is 41.6 Å². The number of anilines is 1. The van der Waals surface area contributed by atoms with Crippen molar-refractivity contribution in [1.82, 2.24) is 9.88 Å². The molecule has 1 aliphatic rings. The van der Waals surface area contributed by atoms with Crippen LogP contribution in [-0.2, 0) is 13.0 Å². The number of thiophene rings is 1. The summed E-state index contributed by atoms with van der Waals surface area (Å²) in [6.45, 7) is 8.02. The maximum Gasteiger partial charge on any atom is 0.339 e. The van der Waals surface area contributed by atoms with E-state index in [1.54, 1.807) is 18.3 Å². The monoisotopic (exact) mass is 359 g/mol. The minimum Gasteiger partial charge on any atom is -0.478 e. The predicted molar refractivity (Wildman–Crippen MR) is 102 cm³/mol. The van der Waals surface area contributed by atoms with Gasteiger partial charge in [-0.25, -0.2) is 9.78 Å². The second-order valence-corrected chi connectivity index (χ2v) is 7.61. The van der Waals surface area contributed by atoms with Crippen molar-refractivity contribution < 1.29 is 9.90 Å². The normalized spacial score (nSPS) is 17.4. The first-order chi connectivity index (χ1) is 12.1. The van der Waals surface area contributed by atoms with Crippen molar-refractivity contribution in [3.63, 3.8) is 0 Å². The number of aromatic carboxylic acids is 1. The van der Waals surface area contributed by atoms with Crippen LogP contribution < -0.4 is 4.90 Å². The van der Waals surface area contributed by atoms with Crippen molar-refractivity contribution in [1.29, 1.82) is 0 Å². The van der Waals surface area contributed by atoms with Gasteiger partial charge in [0.2, 0.25) is 0 Å². The lowest BCUT2D eigenvalue weighted by molar-refractivity contribution is 0.0697. The van der Waals surface area contributed by atoms with E-state index in [0.717, 1.165) is 39.0 Å². The Balaban J connectivity index is 1.69. The molecule has 3 heterocycles. The van der Waals surface area contributed by atoms with Gasteiger partial charge in [-0.2, -0.15) is 0 Å². The summed E-state index contributed by atoms with van der Waals surface area (Å²) in [4.78, 5) is 23.2. The third-order valence-electron chi connectivity index (χ3n) is 4.83. The Morgan fingerprint density at radius 2 is 2.16 bits per heavy atom. The fourth-order valence-corrected chi connectivity index (χ4v) is 4.43. The minimum atomic E-state index is -0.912. The Labute approximate surface area is 152 Å². The molecule has 0 bridgehead atoms. The lowest BCUT2D eigenvalue weighted by Crippen LogP contribution is -2.37. The van der Waals surface area contributed by atoms with E-state index >= 15 is 0 Å². The summed E-state index contributed by atoms with van der Waals surface area (Å²) in [5.41, 5.74) is 0.289. The van der Waals surface area contributed by atoms with Crippen LogP contribution in [0.2, 0.25) is 0 Å². The molecule has 0 spiro atoms. The van der Waals surface area contributed by atoms with Crippen molar-refractivity contribution in [3.05, 3.63) is 45.8 Å². The van der Waals surface area contributed by atoms with Gasteiger partial charge in [0.1, 0.15) is 11.4 Å². The fourth-order valence-electron chi connectivity index (χ4n) is 3.44. The van der Waals surface area contributed by atoms with Crippen molar-refractivity contribution in [2.45, 2.75) is 39.3 Å². The Morgan fingerprint density at radius 1 is 1.36 bits per heavy atom. The second-order valence-electron chi connectivity index (χ2n) is 6.35. The van der Waals surface area contributed by atoms with Crippen molar-refractivity contribution in [2.75, 3.05) is 24.5 Å². The second kappa shape index (κ2) is 7.97. The van der Waals surface area contributed by atoms with Gasteiger partial charge in [0.25, 0.3) is 0 Å². The number of rotatable bonds is 7. The Bertz CT molecular complexity index is 731. The SMILES string of the molecule is CCc1ccc(CN(CC)[C@H]2CCN(c3ncccc3C(=O)O)C2)s1. The van der Waals surface area contributed by atoms with E-state index in [-0.39, 0.29) is 5.56 Å². The summed E-state index contributed by atoms with van der Waals surface area (Å²) in [6.07, 6.45) is 3.80. The molecule has 2 aromatic heterocycles. The molecule has 1 atom stereocenters. The zero-order chi connectivity index (χ0) is 17.8. The van der Waals surface area contributed by atoms with Gasteiger partial charge in [0.05, 0.1) is 0 Å². The summed E-state index contributed by atoms with van der Waals surface area (Å²) in [6, 6.07) is 8.21. The van der Waals surface area contributed by atoms with E-state index in [1.807, 2.05) is 11.3 Å². The van der Waals surface area contributed by atoms with Crippen LogP contribution in [0.3, 0.4) is 0 Å². The van der Waals surface area contributed by atoms with E-state index in [2.05, 4.69) is 40.8 Å². The number of carboxylic acids is 1. The Kier molecular flexibility index (Phi) is 5.71. The van der Waals surface area contributed by atoms with E-state index in [1.165, 1.54) is 9.75 Å². The molecule has 0 amide bonds. The van der Waals surface area contributed by atoms with Crippen molar-refractivity contribution in [3.8, 4) is 0 Å². The number of carboxylic acid groups (broad SMARTS) is 1. The Morgan fingerprint density at radius 3 is 2.84 bits per heavy atom. The predicted octanol–water partition coefficient (Wildman–Crippen LogP) is 3.50. The maximum atomic E-state index is 11.4. The average molecular weight is 359 g/mol. The standard InChI is InChI=1S/C19H25N3O2S/c1-3-15-7-8-16(25-15)13-21(4-2)14-9-11-22(12-14)18-17(19(23)24)6-5-10-20-18/h5-8,10,14H,3-4,9,11-13H2,1-2H3,(H,23,24)/t14-/m0/s1. The molecule has 1 fully saturated rings. The summed E-state index contributed by atoms with van der Waals surface area (Å²) in [7, 11) is 0. The molecule has 25 heavy (non-hydrogen) atoms. The molecule has 0 radical (unpaired) electrons. The summed E-state index contributed by atoms with van der Waals surface area (Å²) in [5.74, 6) is -0.317. The van der Waals surface area contributed by atoms with Crippen LogP contribution in [0.5, 0.6) is 0 Å². The quantitative estimate of drug-likeness (QED) is 0.820. The Hall–Kier alpha value is -1.92. The van der Waals surface area contributed by atoms with Gasteiger partial charge in [-0.05, 0) is 43.7 Å². The topological polar surface area (TPSA) is 56.7 Å². The van der Waals surface area contributed by atoms with Crippen LogP contribution in [0.25, 0.3) is 0 Å². The fraction of sp³-hybridized carbons (Fsp3) is 0.474. The molecule has 1 aliphatic heterocycles. The summed E-state index contributed by atoms with van der Waals surface area (Å²) < 4.78 is 0. The zero-order valence-corrected chi connectivity index (χ0v) is 15.6. The molecular weight excluding hydrogens is 334 g/mol. The number of aromatic nitrogens is 1. The molecule has 0 aromatic carbocycles. The van der Waals surface area contributed by atoms with Crippen molar-refractivity contribution >= 4 is 23.1 Å². The van der Waals surface area contributed by atoms with Gasteiger partial charge >= 0.3 is 5.97 Å². The maximum absolute atomic E-state index is 11.4. The van der Waals surface area contributed by atoms with Gasteiger partial charge < -0.3 is 10.0 Å². The first-order valence-corrected chi connectivity index (χ1v) is 9.68. The molecule has 1 N–H and O–H groups in total. The number of aryl methyl sites for hydroxylation is 1. The summed E-state index contributed by atoms with van der Waals surface area (Å²) in [5, 5.41) is 9.39. The molecule has 0 unspecified atom stereocenters. The lowest BCUT2D eigenvalue weighted by atomic mass is 10.2. The van der Waals surface area contributed by atoms with Crippen LogP contribution in [0.4, 0.5) is 5.82 Å². The molecule has 3 rings (SSSR count). The molecule has 0 saturated carbocycles. The number of likely N-dealkylation sites (N-methyl/N-ethyl adjacent to an activating group) is 1. The van der Waals surface area contributed by atoms with E-state index in [9.17, 15) is 9.90 Å². The van der Waals surface area contributed by atoms with E-state index in [4.69, 9.17) is 0 Å². The minimum absolute atomic E-state index is 0.289. The summed E-state index contributed by atoms with van der Waals surface area (Å²) >= 11 is 1.89. The number of hydrogen-bond acceptors (Lipinski definition) is 5. The number of hydrogen-bond donors (Lipinski definition) is 1. The highest BCUT2D eigenvalue weighted by molar-refractivity contribution is 7.11. The number of carbonyl (C=O) groups is 1. The van der Waals surface area contributed by atoms with Gasteiger partial charge in [-0.1, -0.05) is 13.8 Å². The van der Waals surface area contributed by atoms with E-state index < -0.39 is 5.97 Å². The van der Waals surface area contributed by atoms with Crippen LogP contribution in [0, 0.1) is 0 Å². The first-order valence-electron chi connectivity index (χ1n) is 8.87.